The third-order valence-electron chi connectivity index (χ3n) is 2.72. The van der Waals surface area contributed by atoms with Gasteiger partial charge in [-0.15, -0.1) is 0 Å². The molecule has 1 atom stereocenters. The molecule has 1 rings (SSSR count). The molecule has 1 heterocycles. The average Bonchev–Trinajstić information content (AvgIpc) is 2.56. The first-order chi connectivity index (χ1) is 6.68. The predicted octanol–water partition coefficient (Wildman–Crippen LogP) is 2.95. The number of ketones is 1. The van der Waals surface area contributed by atoms with Crippen LogP contribution in [0.15, 0.2) is 0 Å². The van der Waals surface area contributed by atoms with Crippen molar-refractivity contribution >= 4 is 5.78 Å². The van der Waals surface area contributed by atoms with E-state index in [1.54, 1.807) is 0 Å². The van der Waals surface area contributed by atoms with Crippen molar-refractivity contribution in [3.8, 4) is 0 Å². The lowest BCUT2D eigenvalue weighted by Crippen LogP contribution is -2.12. The quantitative estimate of drug-likeness (QED) is 0.656. The Balaban J connectivity index is 2.03. The van der Waals surface area contributed by atoms with Crippen molar-refractivity contribution in [2.45, 2.75) is 58.5 Å². The maximum Gasteiger partial charge on any atom is 0.135 e. The van der Waals surface area contributed by atoms with Crippen molar-refractivity contribution in [2.24, 2.45) is 5.92 Å². The molecule has 0 aromatic carbocycles. The zero-order valence-electron chi connectivity index (χ0n) is 9.42. The molecule has 0 aromatic heterocycles. The van der Waals surface area contributed by atoms with Crippen LogP contribution < -0.4 is 0 Å². The van der Waals surface area contributed by atoms with E-state index in [2.05, 4.69) is 13.8 Å². The lowest BCUT2D eigenvalue weighted by molar-refractivity contribution is -0.121. The molecule has 1 saturated heterocycles. The van der Waals surface area contributed by atoms with Crippen LogP contribution in [0.5, 0.6) is 0 Å². The summed E-state index contributed by atoms with van der Waals surface area (Å²) in [4.78, 5) is 11.5. The molecule has 1 aliphatic rings. The fourth-order valence-electron chi connectivity index (χ4n) is 1.87. The van der Waals surface area contributed by atoms with Crippen LogP contribution in [0.25, 0.3) is 0 Å². The van der Waals surface area contributed by atoms with Crippen molar-refractivity contribution in [3.63, 3.8) is 0 Å². The van der Waals surface area contributed by atoms with Crippen molar-refractivity contribution in [1.82, 2.24) is 0 Å². The highest BCUT2D eigenvalue weighted by atomic mass is 16.5. The number of carbonyl (C=O) groups is 1. The topological polar surface area (TPSA) is 26.3 Å². The molecule has 0 saturated carbocycles. The second kappa shape index (κ2) is 6.18. The number of ether oxygens (including phenoxy) is 1. The molecule has 0 N–H and O–H groups in total. The maximum absolute atomic E-state index is 11.5. The number of Topliss-reactive ketones (excluding diaryl/α,β-unsaturated/α-hetero) is 1. The molecule has 2 heteroatoms. The van der Waals surface area contributed by atoms with Crippen LogP contribution in [0.3, 0.4) is 0 Å². The minimum Gasteiger partial charge on any atom is -0.378 e. The Hall–Kier alpha value is -0.370. The highest BCUT2D eigenvalue weighted by Crippen LogP contribution is 2.17. The van der Waals surface area contributed by atoms with E-state index >= 15 is 0 Å². The minimum atomic E-state index is 0.238. The molecule has 0 radical (unpaired) electrons. The van der Waals surface area contributed by atoms with Crippen molar-refractivity contribution in [1.29, 1.82) is 0 Å². The van der Waals surface area contributed by atoms with E-state index in [1.165, 1.54) is 0 Å². The van der Waals surface area contributed by atoms with Crippen LogP contribution in [0, 0.1) is 5.92 Å². The molecule has 0 aromatic rings. The SMILES string of the molecule is CC(C)CCCC(=O)CC1CCCO1. The molecule has 14 heavy (non-hydrogen) atoms. The van der Waals surface area contributed by atoms with Gasteiger partial charge in [0.2, 0.25) is 0 Å². The Bertz CT molecular complexity index is 169. The molecule has 82 valence electrons. The van der Waals surface area contributed by atoms with Crippen LogP contribution in [-0.4, -0.2) is 18.5 Å². The van der Waals surface area contributed by atoms with Gasteiger partial charge in [0, 0.05) is 19.4 Å². The molecule has 1 fully saturated rings. The third-order valence-corrected chi connectivity index (χ3v) is 2.72. The van der Waals surface area contributed by atoms with E-state index < -0.39 is 0 Å². The van der Waals surface area contributed by atoms with Crippen molar-refractivity contribution in [2.75, 3.05) is 6.61 Å². The van der Waals surface area contributed by atoms with Crippen LogP contribution in [-0.2, 0) is 9.53 Å². The molecule has 0 amide bonds. The minimum absolute atomic E-state index is 0.238. The van der Waals surface area contributed by atoms with Gasteiger partial charge >= 0.3 is 0 Å². The second-order valence-corrected chi connectivity index (χ2v) is 4.66. The second-order valence-electron chi connectivity index (χ2n) is 4.66. The van der Waals surface area contributed by atoms with Crippen LogP contribution >= 0.6 is 0 Å². The van der Waals surface area contributed by atoms with Gasteiger partial charge in [0.15, 0.2) is 0 Å². The van der Waals surface area contributed by atoms with Gasteiger partial charge in [-0.3, -0.25) is 4.79 Å². The molecule has 0 bridgehead atoms. The van der Waals surface area contributed by atoms with Gasteiger partial charge in [0.05, 0.1) is 6.10 Å². The van der Waals surface area contributed by atoms with Crippen LogP contribution in [0.1, 0.15) is 52.4 Å². The summed E-state index contributed by atoms with van der Waals surface area (Å²) in [5, 5.41) is 0. The average molecular weight is 198 g/mol. The molecule has 1 aliphatic heterocycles. The van der Waals surface area contributed by atoms with Gasteiger partial charge in [-0.2, -0.15) is 0 Å². The first-order valence-electron chi connectivity index (χ1n) is 5.82. The fraction of sp³-hybridized carbons (Fsp3) is 0.917. The van der Waals surface area contributed by atoms with Gasteiger partial charge < -0.3 is 4.74 Å². The first-order valence-corrected chi connectivity index (χ1v) is 5.82. The van der Waals surface area contributed by atoms with E-state index in [-0.39, 0.29) is 6.10 Å². The molecule has 0 spiro atoms. The summed E-state index contributed by atoms with van der Waals surface area (Å²) < 4.78 is 5.43. The van der Waals surface area contributed by atoms with Gasteiger partial charge in [0.1, 0.15) is 5.78 Å². The monoisotopic (exact) mass is 198 g/mol. The smallest absolute Gasteiger partial charge is 0.135 e. The highest BCUT2D eigenvalue weighted by molar-refractivity contribution is 5.78. The summed E-state index contributed by atoms with van der Waals surface area (Å²) in [6, 6.07) is 0. The van der Waals surface area contributed by atoms with E-state index in [4.69, 9.17) is 4.74 Å². The van der Waals surface area contributed by atoms with Crippen LogP contribution in [0.2, 0.25) is 0 Å². The Morgan fingerprint density at radius 2 is 2.29 bits per heavy atom. The summed E-state index contributed by atoms with van der Waals surface area (Å²) in [5.74, 6) is 1.10. The normalized spacial score (nSPS) is 21.8. The zero-order valence-corrected chi connectivity index (χ0v) is 9.42. The number of carbonyl (C=O) groups excluding carboxylic acids is 1. The molecule has 2 nitrogen and oxygen atoms in total. The van der Waals surface area contributed by atoms with Gasteiger partial charge in [-0.1, -0.05) is 20.3 Å². The number of hydrogen-bond donors (Lipinski definition) is 0. The third kappa shape index (κ3) is 4.75. The Morgan fingerprint density at radius 1 is 1.50 bits per heavy atom. The van der Waals surface area contributed by atoms with Crippen LogP contribution in [0.4, 0.5) is 0 Å². The summed E-state index contributed by atoms with van der Waals surface area (Å²) in [7, 11) is 0. The Labute approximate surface area is 87.0 Å². The largest absolute Gasteiger partial charge is 0.378 e. The van der Waals surface area contributed by atoms with E-state index in [0.717, 1.165) is 38.7 Å². The lowest BCUT2D eigenvalue weighted by Gasteiger charge is -2.08. The number of rotatable bonds is 6. The molecule has 1 unspecified atom stereocenters. The first kappa shape index (κ1) is 11.7. The summed E-state index contributed by atoms with van der Waals surface area (Å²) in [6.45, 7) is 5.25. The predicted molar refractivity (Wildman–Crippen MR) is 57.3 cm³/mol. The molecular weight excluding hydrogens is 176 g/mol. The lowest BCUT2D eigenvalue weighted by atomic mass is 10.0. The van der Waals surface area contributed by atoms with Gasteiger partial charge in [0.25, 0.3) is 0 Å². The molecular formula is C12H22O2. The summed E-state index contributed by atoms with van der Waals surface area (Å²) >= 11 is 0. The zero-order chi connectivity index (χ0) is 10.4. The standard InChI is InChI=1S/C12H22O2/c1-10(2)5-3-6-11(13)9-12-7-4-8-14-12/h10,12H,3-9H2,1-2H3. The molecule has 0 aliphatic carbocycles. The van der Waals surface area contributed by atoms with Gasteiger partial charge in [-0.25, -0.2) is 0 Å². The summed E-state index contributed by atoms with van der Waals surface area (Å²) in [6.07, 6.45) is 6.05. The Kier molecular flexibility index (Phi) is 5.16. The maximum atomic E-state index is 11.5. The van der Waals surface area contributed by atoms with E-state index in [0.29, 0.717) is 18.1 Å². The fourth-order valence-corrected chi connectivity index (χ4v) is 1.87. The van der Waals surface area contributed by atoms with Crippen molar-refractivity contribution in [3.05, 3.63) is 0 Å². The van der Waals surface area contributed by atoms with E-state index in [9.17, 15) is 4.79 Å². The highest BCUT2D eigenvalue weighted by Gasteiger charge is 2.18. The Morgan fingerprint density at radius 3 is 2.86 bits per heavy atom. The summed E-state index contributed by atoms with van der Waals surface area (Å²) in [5.41, 5.74) is 0. The van der Waals surface area contributed by atoms with E-state index in [1.807, 2.05) is 0 Å². The van der Waals surface area contributed by atoms with Crippen molar-refractivity contribution < 1.29 is 9.53 Å². The number of hydrogen-bond acceptors (Lipinski definition) is 2. The van der Waals surface area contributed by atoms with Gasteiger partial charge in [-0.05, 0) is 25.2 Å².